The molecule has 0 aliphatic rings. The Morgan fingerprint density at radius 1 is 1.26 bits per heavy atom. The van der Waals surface area contributed by atoms with Gasteiger partial charge in [0, 0.05) is 33.9 Å². The smallest absolute Gasteiger partial charge is 0.274 e. The summed E-state index contributed by atoms with van der Waals surface area (Å²) in [5, 5.41) is 0. The van der Waals surface area contributed by atoms with E-state index in [4.69, 9.17) is 15.2 Å². The Labute approximate surface area is 112 Å². The van der Waals surface area contributed by atoms with Crippen LogP contribution in [0.2, 0.25) is 0 Å². The van der Waals surface area contributed by atoms with Gasteiger partial charge in [-0.25, -0.2) is 4.98 Å². The predicted octanol–water partition coefficient (Wildman–Crippen LogP) is 0.184. The molecular weight excluding hydrogens is 248 g/mol. The molecule has 0 aliphatic carbocycles. The molecule has 1 amide bonds. The zero-order valence-corrected chi connectivity index (χ0v) is 11.3. The summed E-state index contributed by atoms with van der Waals surface area (Å²) in [5.74, 6) is 0.0300. The molecule has 19 heavy (non-hydrogen) atoms. The van der Waals surface area contributed by atoms with E-state index in [1.54, 1.807) is 19.1 Å². The maximum Gasteiger partial charge on any atom is 0.274 e. The normalized spacial score (nSPS) is 10.4. The van der Waals surface area contributed by atoms with E-state index in [1.165, 1.54) is 12.4 Å². The van der Waals surface area contributed by atoms with Crippen LogP contribution in [0.3, 0.4) is 0 Å². The number of aromatic nitrogens is 2. The molecule has 0 atom stereocenters. The summed E-state index contributed by atoms with van der Waals surface area (Å²) in [6.07, 6.45) is 3.57. The van der Waals surface area contributed by atoms with E-state index >= 15 is 0 Å². The molecule has 0 unspecified atom stereocenters. The maximum absolute atomic E-state index is 12.3. The van der Waals surface area contributed by atoms with Crippen LogP contribution in [0.15, 0.2) is 12.4 Å². The highest BCUT2D eigenvalue weighted by Gasteiger charge is 2.17. The maximum atomic E-state index is 12.3. The van der Waals surface area contributed by atoms with Crippen LogP contribution in [0.4, 0.5) is 5.82 Å². The molecule has 1 heterocycles. The molecule has 2 N–H and O–H groups in total. The molecule has 7 nitrogen and oxygen atoms in total. The van der Waals surface area contributed by atoms with E-state index in [1.807, 2.05) is 0 Å². The van der Waals surface area contributed by atoms with Crippen LogP contribution >= 0.6 is 0 Å². The molecule has 0 fully saturated rings. The molecule has 7 heteroatoms. The fraction of sp³-hybridized carbons (Fsp3) is 0.583. The minimum absolute atomic E-state index is 0.201. The molecule has 0 saturated carbocycles. The van der Waals surface area contributed by atoms with Crippen molar-refractivity contribution in [1.82, 2.24) is 14.9 Å². The summed E-state index contributed by atoms with van der Waals surface area (Å²) in [7, 11) is 3.23. The topological polar surface area (TPSA) is 90.6 Å². The lowest BCUT2D eigenvalue weighted by Gasteiger charge is -2.21. The molecule has 0 aliphatic heterocycles. The second-order valence-electron chi connectivity index (χ2n) is 3.96. The number of methoxy groups -OCH3 is 2. The van der Waals surface area contributed by atoms with Crippen molar-refractivity contribution in [3.8, 4) is 0 Å². The zero-order chi connectivity index (χ0) is 14.1. The largest absolute Gasteiger partial charge is 0.385 e. The molecular formula is C12H20N4O3. The van der Waals surface area contributed by atoms with E-state index in [2.05, 4.69) is 9.97 Å². The van der Waals surface area contributed by atoms with Crippen molar-refractivity contribution in [2.45, 2.75) is 6.42 Å². The van der Waals surface area contributed by atoms with Crippen LogP contribution in [0.1, 0.15) is 16.9 Å². The Morgan fingerprint density at radius 3 is 2.63 bits per heavy atom. The number of rotatable bonds is 8. The monoisotopic (exact) mass is 268 g/mol. The van der Waals surface area contributed by atoms with Crippen LogP contribution in [0.5, 0.6) is 0 Å². The third-order valence-corrected chi connectivity index (χ3v) is 2.50. The Hall–Kier alpha value is -1.73. The van der Waals surface area contributed by atoms with Crippen molar-refractivity contribution in [2.75, 3.05) is 46.3 Å². The van der Waals surface area contributed by atoms with E-state index in [0.717, 1.165) is 6.42 Å². The van der Waals surface area contributed by atoms with Gasteiger partial charge in [-0.1, -0.05) is 0 Å². The third-order valence-electron chi connectivity index (χ3n) is 2.50. The van der Waals surface area contributed by atoms with Gasteiger partial charge in [0.25, 0.3) is 5.91 Å². The molecule has 1 rings (SSSR count). The lowest BCUT2D eigenvalue weighted by Crippen LogP contribution is -2.35. The first-order valence-electron chi connectivity index (χ1n) is 6.03. The minimum atomic E-state index is -0.201. The molecule has 1 aromatic heterocycles. The quantitative estimate of drug-likeness (QED) is 0.676. The van der Waals surface area contributed by atoms with Gasteiger partial charge in [0.2, 0.25) is 0 Å². The number of carbonyl (C=O) groups is 1. The standard InChI is InChI=1S/C12H20N4O3/c1-18-6-3-4-16(5-7-19-2)12(17)10-8-14-9-11(13)15-10/h8-9H,3-7H2,1-2H3,(H2,13,15). The summed E-state index contributed by atoms with van der Waals surface area (Å²) in [6.45, 7) is 2.13. The van der Waals surface area contributed by atoms with E-state index in [-0.39, 0.29) is 17.4 Å². The van der Waals surface area contributed by atoms with Crippen molar-refractivity contribution in [2.24, 2.45) is 0 Å². The van der Waals surface area contributed by atoms with Gasteiger partial charge in [-0.15, -0.1) is 0 Å². The number of amides is 1. The fourth-order valence-electron chi connectivity index (χ4n) is 1.56. The third kappa shape index (κ3) is 5.19. The summed E-state index contributed by atoms with van der Waals surface area (Å²) >= 11 is 0. The first-order chi connectivity index (χ1) is 9.19. The summed E-state index contributed by atoms with van der Waals surface area (Å²) in [4.78, 5) is 21.8. The first-order valence-corrected chi connectivity index (χ1v) is 6.03. The fourth-order valence-corrected chi connectivity index (χ4v) is 1.56. The molecule has 1 aromatic rings. The van der Waals surface area contributed by atoms with Crippen LogP contribution < -0.4 is 5.73 Å². The van der Waals surface area contributed by atoms with Gasteiger partial charge in [0.15, 0.2) is 0 Å². The van der Waals surface area contributed by atoms with Crippen molar-refractivity contribution in [3.05, 3.63) is 18.1 Å². The number of anilines is 1. The number of hydrogen-bond acceptors (Lipinski definition) is 6. The highest BCUT2D eigenvalue weighted by Crippen LogP contribution is 2.04. The number of carbonyl (C=O) groups excluding carboxylic acids is 1. The second kappa shape index (κ2) is 8.39. The second-order valence-corrected chi connectivity index (χ2v) is 3.96. The van der Waals surface area contributed by atoms with Crippen LogP contribution in [0, 0.1) is 0 Å². The highest BCUT2D eigenvalue weighted by atomic mass is 16.5. The summed E-state index contributed by atoms with van der Waals surface area (Å²) < 4.78 is 9.99. The number of nitrogens with zero attached hydrogens (tertiary/aromatic N) is 3. The van der Waals surface area contributed by atoms with E-state index < -0.39 is 0 Å². The van der Waals surface area contributed by atoms with Gasteiger partial charge in [-0.05, 0) is 6.42 Å². The van der Waals surface area contributed by atoms with Gasteiger partial charge in [-0.2, -0.15) is 0 Å². The van der Waals surface area contributed by atoms with Crippen LogP contribution in [0.25, 0.3) is 0 Å². The molecule has 0 saturated heterocycles. The van der Waals surface area contributed by atoms with Gasteiger partial charge in [0.1, 0.15) is 11.5 Å². The highest BCUT2D eigenvalue weighted by molar-refractivity contribution is 5.92. The van der Waals surface area contributed by atoms with Crippen molar-refractivity contribution < 1.29 is 14.3 Å². The lowest BCUT2D eigenvalue weighted by molar-refractivity contribution is 0.0668. The van der Waals surface area contributed by atoms with E-state index in [9.17, 15) is 4.79 Å². The average molecular weight is 268 g/mol. The van der Waals surface area contributed by atoms with E-state index in [0.29, 0.717) is 26.3 Å². The van der Waals surface area contributed by atoms with Gasteiger partial charge in [-0.3, -0.25) is 9.78 Å². The van der Waals surface area contributed by atoms with Gasteiger partial charge in [0.05, 0.1) is 19.0 Å². The van der Waals surface area contributed by atoms with Crippen molar-refractivity contribution >= 4 is 11.7 Å². The van der Waals surface area contributed by atoms with Crippen molar-refractivity contribution in [3.63, 3.8) is 0 Å². The van der Waals surface area contributed by atoms with Gasteiger partial charge < -0.3 is 20.1 Å². The molecule has 0 aromatic carbocycles. The molecule has 0 spiro atoms. The summed E-state index contributed by atoms with van der Waals surface area (Å²) in [5.41, 5.74) is 5.77. The number of hydrogen-bond donors (Lipinski definition) is 1. The Kier molecular flexibility index (Phi) is 6.76. The number of nitrogens with two attached hydrogens (primary N) is 1. The summed E-state index contributed by atoms with van der Waals surface area (Å²) in [6, 6.07) is 0. The predicted molar refractivity (Wildman–Crippen MR) is 70.7 cm³/mol. The Bertz CT molecular complexity index is 400. The Morgan fingerprint density at radius 2 is 2.00 bits per heavy atom. The van der Waals surface area contributed by atoms with Crippen molar-refractivity contribution in [1.29, 1.82) is 0 Å². The number of nitrogen functional groups attached to an aromatic ring is 1. The lowest BCUT2D eigenvalue weighted by atomic mass is 10.3. The Balaban J connectivity index is 2.69. The van der Waals surface area contributed by atoms with Gasteiger partial charge >= 0.3 is 0 Å². The minimum Gasteiger partial charge on any atom is -0.385 e. The first kappa shape index (κ1) is 15.3. The average Bonchev–Trinajstić information content (AvgIpc) is 2.42. The zero-order valence-electron chi connectivity index (χ0n) is 11.3. The molecule has 0 bridgehead atoms. The molecule has 0 radical (unpaired) electrons. The van der Waals surface area contributed by atoms with Crippen LogP contribution in [-0.4, -0.2) is 61.3 Å². The molecule has 106 valence electrons. The SMILES string of the molecule is COCCCN(CCOC)C(=O)c1cncc(N)n1. The number of ether oxygens (including phenoxy) is 2. The van der Waals surface area contributed by atoms with Crippen LogP contribution in [-0.2, 0) is 9.47 Å².